The summed E-state index contributed by atoms with van der Waals surface area (Å²) in [6.45, 7) is 1.70. The highest BCUT2D eigenvalue weighted by molar-refractivity contribution is 6.51. The maximum atomic E-state index is 13.4. The second-order valence-electron chi connectivity index (χ2n) is 6.60. The summed E-state index contributed by atoms with van der Waals surface area (Å²) in [5.74, 6) is -2.46. The summed E-state index contributed by atoms with van der Waals surface area (Å²) >= 11 is 0. The van der Waals surface area contributed by atoms with E-state index in [1.165, 1.54) is 36.4 Å². The van der Waals surface area contributed by atoms with Crippen molar-refractivity contribution in [3.05, 3.63) is 95.0 Å². The van der Waals surface area contributed by atoms with Crippen LogP contribution in [-0.2, 0) is 9.59 Å². The van der Waals surface area contributed by atoms with E-state index >= 15 is 0 Å². The molecule has 3 aromatic rings. The normalized spacial score (nSPS) is 18.4. The second-order valence-corrected chi connectivity index (χ2v) is 6.60. The summed E-state index contributed by atoms with van der Waals surface area (Å²) in [5, 5.41) is 10.8. The zero-order valence-corrected chi connectivity index (χ0v) is 15.2. The van der Waals surface area contributed by atoms with Gasteiger partial charge in [-0.15, -0.1) is 0 Å². The number of halogens is 2. The molecule has 0 aliphatic carbocycles. The van der Waals surface area contributed by atoms with Crippen LogP contribution in [0.3, 0.4) is 0 Å². The summed E-state index contributed by atoms with van der Waals surface area (Å²) in [6, 6.07) is 12.1. The van der Waals surface area contributed by atoms with Crippen molar-refractivity contribution >= 4 is 23.1 Å². The van der Waals surface area contributed by atoms with E-state index < -0.39 is 35.1 Å². The molecule has 1 saturated heterocycles. The third kappa shape index (κ3) is 3.20. The molecule has 1 aromatic heterocycles. The fourth-order valence-corrected chi connectivity index (χ4v) is 3.33. The van der Waals surface area contributed by atoms with Gasteiger partial charge in [0.25, 0.3) is 11.7 Å². The molecule has 146 valence electrons. The number of ketones is 1. The van der Waals surface area contributed by atoms with E-state index in [1.807, 2.05) is 0 Å². The first kappa shape index (κ1) is 18.6. The van der Waals surface area contributed by atoms with Gasteiger partial charge in [-0.2, -0.15) is 0 Å². The number of Topliss-reactive ketones (excluding diaryl/α,β-unsaturated/α-hetero) is 1. The summed E-state index contributed by atoms with van der Waals surface area (Å²) in [7, 11) is 0. The van der Waals surface area contributed by atoms with Crippen LogP contribution in [0, 0.1) is 18.6 Å². The number of amides is 1. The van der Waals surface area contributed by atoms with Crippen LogP contribution >= 0.6 is 0 Å². The number of rotatable bonds is 3. The molecule has 1 unspecified atom stereocenters. The van der Waals surface area contributed by atoms with E-state index in [-0.39, 0.29) is 22.6 Å². The number of nitrogens with zero attached hydrogens (tertiary/aromatic N) is 1. The minimum absolute atomic E-state index is 0.178. The Morgan fingerprint density at radius 3 is 2.07 bits per heavy atom. The molecule has 2 aromatic carbocycles. The van der Waals surface area contributed by atoms with E-state index in [2.05, 4.69) is 0 Å². The number of carbonyl (C=O) groups is 2. The summed E-state index contributed by atoms with van der Waals surface area (Å²) < 4.78 is 32.3. The molecule has 0 spiro atoms. The van der Waals surface area contributed by atoms with Gasteiger partial charge in [-0.25, -0.2) is 8.78 Å². The number of aryl methyl sites for hydroxylation is 1. The van der Waals surface area contributed by atoms with Crippen molar-refractivity contribution in [2.24, 2.45) is 0 Å². The van der Waals surface area contributed by atoms with Crippen molar-refractivity contribution in [1.29, 1.82) is 0 Å². The Hall–Kier alpha value is -3.74. The smallest absolute Gasteiger partial charge is 0.300 e. The zero-order valence-electron chi connectivity index (χ0n) is 15.2. The van der Waals surface area contributed by atoms with Crippen LogP contribution in [-0.4, -0.2) is 16.8 Å². The number of hydrogen-bond donors (Lipinski definition) is 1. The van der Waals surface area contributed by atoms with Crippen LogP contribution in [0.1, 0.15) is 23.1 Å². The average Bonchev–Trinajstić information content (AvgIpc) is 3.24. The lowest BCUT2D eigenvalue weighted by Crippen LogP contribution is -2.29. The molecule has 1 fully saturated rings. The van der Waals surface area contributed by atoms with Gasteiger partial charge in [0.1, 0.15) is 35.0 Å². The van der Waals surface area contributed by atoms with Gasteiger partial charge >= 0.3 is 0 Å². The van der Waals surface area contributed by atoms with Crippen LogP contribution in [0.2, 0.25) is 0 Å². The summed E-state index contributed by atoms with van der Waals surface area (Å²) in [6.07, 6.45) is 0. The molecule has 1 aliphatic rings. The fourth-order valence-electron chi connectivity index (χ4n) is 3.33. The van der Waals surface area contributed by atoms with Crippen LogP contribution in [0.25, 0.3) is 5.76 Å². The molecule has 7 heteroatoms. The van der Waals surface area contributed by atoms with Gasteiger partial charge in [-0.05, 0) is 67.6 Å². The third-order valence-corrected chi connectivity index (χ3v) is 4.70. The molecule has 0 radical (unpaired) electrons. The minimum Gasteiger partial charge on any atom is -0.507 e. The van der Waals surface area contributed by atoms with Crippen molar-refractivity contribution < 1.29 is 27.9 Å². The van der Waals surface area contributed by atoms with Crippen LogP contribution < -0.4 is 4.90 Å². The topological polar surface area (TPSA) is 70.8 Å². The lowest BCUT2D eigenvalue weighted by Gasteiger charge is -2.23. The van der Waals surface area contributed by atoms with Crippen molar-refractivity contribution in [1.82, 2.24) is 0 Å². The molecular formula is C22H15F2NO4. The van der Waals surface area contributed by atoms with Crippen molar-refractivity contribution in [2.45, 2.75) is 13.0 Å². The molecule has 2 heterocycles. The van der Waals surface area contributed by atoms with Crippen LogP contribution in [0.4, 0.5) is 14.5 Å². The van der Waals surface area contributed by atoms with E-state index in [4.69, 9.17) is 4.42 Å². The maximum Gasteiger partial charge on any atom is 0.300 e. The molecule has 1 aliphatic heterocycles. The van der Waals surface area contributed by atoms with E-state index in [0.29, 0.717) is 5.76 Å². The highest BCUT2D eigenvalue weighted by Crippen LogP contribution is 2.42. The Morgan fingerprint density at radius 2 is 1.52 bits per heavy atom. The van der Waals surface area contributed by atoms with Crippen molar-refractivity contribution in [3.8, 4) is 0 Å². The van der Waals surface area contributed by atoms with Gasteiger partial charge in [0.05, 0.1) is 5.57 Å². The quantitative estimate of drug-likeness (QED) is 0.403. The predicted octanol–water partition coefficient (Wildman–Crippen LogP) is 4.49. The molecule has 1 atom stereocenters. The van der Waals surface area contributed by atoms with E-state index in [0.717, 1.165) is 17.0 Å². The number of hydrogen-bond acceptors (Lipinski definition) is 4. The average molecular weight is 395 g/mol. The third-order valence-electron chi connectivity index (χ3n) is 4.70. The molecule has 0 saturated carbocycles. The van der Waals surface area contributed by atoms with Crippen LogP contribution in [0.5, 0.6) is 0 Å². The lowest BCUT2D eigenvalue weighted by molar-refractivity contribution is -0.132. The molecule has 1 amide bonds. The number of furan rings is 1. The fraction of sp³-hybridized carbons (Fsp3) is 0.0909. The largest absolute Gasteiger partial charge is 0.507 e. The monoisotopic (exact) mass is 395 g/mol. The first-order chi connectivity index (χ1) is 13.9. The van der Waals surface area contributed by atoms with E-state index in [9.17, 15) is 23.5 Å². The van der Waals surface area contributed by atoms with Crippen molar-refractivity contribution in [2.75, 3.05) is 4.90 Å². The highest BCUT2D eigenvalue weighted by atomic mass is 19.1. The second kappa shape index (κ2) is 7.01. The molecular weight excluding hydrogens is 380 g/mol. The number of benzene rings is 2. The molecule has 29 heavy (non-hydrogen) atoms. The standard InChI is InChI=1S/C22H15F2NO4/c1-12-2-11-17(29-12)19-18(20(26)13-3-5-14(23)6-4-13)21(27)22(28)25(19)16-9-7-15(24)8-10-16/h2-11,19,26H,1H3/b20-18-. The Balaban J connectivity index is 1.92. The van der Waals surface area contributed by atoms with E-state index in [1.54, 1.807) is 19.1 Å². The molecule has 4 rings (SSSR count). The van der Waals surface area contributed by atoms with Crippen LogP contribution in [0.15, 0.2) is 70.7 Å². The minimum atomic E-state index is -1.06. The molecule has 1 N–H and O–H groups in total. The first-order valence-corrected chi connectivity index (χ1v) is 8.75. The summed E-state index contributed by atoms with van der Waals surface area (Å²) in [5.41, 5.74) is 0.253. The maximum absolute atomic E-state index is 13.4. The SMILES string of the molecule is Cc1ccc(C2/C(=C(/O)c3ccc(F)cc3)C(=O)C(=O)N2c2ccc(F)cc2)o1. The van der Waals surface area contributed by atoms with Gasteiger partial charge in [-0.3, -0.25) is 14.5 Å². The van der Waals surface area contributed by atoms with Gasteiger partial charge in [0, 0.05) is 11.3 Å². The Kier molecular flexibility index (Phi) is 4.50. The Labute approximate surface area is 164 Å². The molecule has 5 nitrogen and oxygen atoms in total. The van der Waals surface area contributed by atoms with Crippen molar-refractivity contribution in [3.63, 3.8) is 0 Å². The highest BCUT2D eigenvalue weighted by Gasteiger charge is 2.48. The zero-order chi connectivity index (χ0) is 20.7. The van der Waals surface area contributed by atoms with Gasteiger partial charge in [-0.1, -0.05) is 0 Å². The summed E-state index contributed by atoms with van der Waals surface area (Å²) in [4.78, 5) is 26.8. The molecule has 0 bridgehead atoms. The lowest BCUT2D eigenvalue weighted by atomic mass is 9.99. The van der Waals surface area contributed by atoms with Gasteiger partial charge in [0.2, 0.25) is 0 Å². The number of aliphatic hydroxyl groups is 1. The first-order valence-electron chi connectivity index (χ1n) is 8.75. The van der Waals surface area contributed by atoms with Gasteiger partial charge < -0.3 is 9.52 Å². The number of carbonyl (C=O) groups excluding carboxylic acids is 2. The Bertz CT molecular complexity index is 1130. The van der Waals surface area contributed by atoms with Gasteiger partial charge in [0.15, 0.2) is 0 Å². The number of anilines is 1. The predicted molar refractivity (Wildman–Crippen MR) is 101 cm³/mol. The number of aliphatic hydroxyl groups excluding tert-OH is 1. The Morgan fingerprint density at radius 1 is 0.931 bits per heavy atom.